The molecular formula is C15H15ClO4. The number of ether oxygens (including phenoxy) is 1. The molecule has 0 aliphatic rings. The highest BCUT2D eigenvalue weighted by molar-refractivity contribution is 6.31. The predicted molar refractivity (Wildman–Crippen MR) is 76.0 cm³/mol. The van der Waals surface area contributed by atoms with E-state index >= 15 is 0 Å². The number of benzene rings is 1. The minimum absolute atomic E-state index is 0.141. The molecule has 2 aromatic rings. The number of carboxylic acids is 1. The van der Waals surface area contributed by atoms with Crippen LogP contribution in [0.2, 0.25) is 5.02 Å². The predicted octanol–water partition coefficient (Wildman–Crippen LogP) is 4.86. The lowest BCUT2D eigenvalue weighted by atomic mass is 10.0. The number of carboxylic acid groups (broad SMARTS) is 1. The first kappa shape index (κ1) is 14.5. The molecule has 0 saturated heterocycles. The summed E-state index contributed by atoms with van der Waals surface area (Å²) >= 11 is 6.19. The molecule has 0 aliphatic heterocycles. The third kappa shape index (κ3) is 2.96. The molecule has 5 heteroatoms. The average molecular weight is 295 g/mol. The molecule has 0 bridgehead atoms. The molecule has 4 nitrogen and oxygen atoms in total. The second-order valence-electron chi connectivity index (χ2n) is 4.82. The summed E-state index contributed by atoms with van der Waals surface area (Å²) in [6.45, 7) is 5.94. The zero-order valence-corrected chi connectivity index (χ0v) is 12.2. The van der Waals surface area contributed by atoms with Crippen molar-refractivity contribution in [3.05, 3.63) is 46.2 Å². The van der Waals surface area contributed by atoms with Crippen LogP contribution in [0.25, 0.3) is 0 Å². The molecule has 2 rings (SSSR count). The summed E-state index contributed by atoms with van der Waals surface area (Å²) in [7, 11) is 0. The molecule has 1 aromatic carbocycles. The van der Waals surface area contributed by atoms with Gasteiger partial charge in [0, 0.05) is 11.1 Å². The van der Waals surface area contributed by atoms with Gasteiger partial charge in [-0.2, -0.15) is 0 Å². The summed E-state index contributed by atoms with van der Waals surface area (Å²) in [4.78, 5) is 10.8. The van der Waals surface area contributed by atoms with Crippen LogP contribution in [0.15, 0.2) is 28.7 Å². The van der Waals surface area contributed by atoms with Gasteiger partial charge in [0.05, 0.1) is 0 Å². The largest absolute Gasteiger partial charge is 0.475 e. The van der Waals surface area contributed by atoms with Crippen LogP contribution in [0.1, 0.15) is 41.4 Å². The van der Waals surface area contributed by atoms with Crippen molar-refractivity contribution in [1.82, 2.24) is 0 Å². The smallest absolute Gasteiger partial charge is 0.371 e. The Hall–Kier alpha value is -1.94. The van der Waals surface area contributed by atoms with Crippen molar-refractivity contribution >= 4 is 17.6 Å². The Balaban J connectivity index is 2.32. The third-order valence-electron chi connectivity index (χ3n) is 2.92. The molecule has 0 radical (unpaired) electrons. The molecule has 0 spiro atoms. The van der Waals surface area contributed by atoms with E-state index in [0.29, 0.717) is 10.8 Å². The third-order valence-corrected chi connectivity index (χ3v) is 3.25. The van der Waals surface area contributed by atoms with E-state index in [-0.39, 0.29) is 17.6 Å². The molecule has 1 heterocycles. The Morgan fingerprint density at radius 1 is 1.35 bits per heavy atom. The van der Waals surface area contributed by atoms with Crippen LogP contribution in [0.4, 0.5) is 0 Å². The fraction of sp³-hybridized carbons (Fsp3) is 0.267. The van der Waals surface area contributed by atoms with Gasteiger partial charge in [0.15, 0.2) is 0 Å². The number of halogens is 1. The molecular weight excluding hydrogens is 280 g/mol. The maximum absolute atomic E-state index is 10.8. The monoisotopic (exact) mass is 294 g/mol. The summed E-state index contributed by atoms with van der Waals surface area (Å²) < 4.78 is 10.7. The highest BCUT2D eigenvalue weighted by Gasteiger charge is 2.14. The second kappa shape index (κ2) is 5.59. The normalized spacial score (nSPS) is 10.8. The van der Waals surface area contributed by atoms with Crippen LogP contribution in [0.3, 0.4) is 0 Å². The van der Waals surface area contributed by atoms with Gasteiger partial charge in [0.2, 0.25) is 5.76 Å². The molecule has 1 N–H and O–H groups in total. The van der Waals surface area contributed by atoms with Crippen LogP contribution in [0, 0.1) is 6.92 Å². The summed E-state index contributed by atoms with van der Waals surface area (Å²) in [6.07, 6.45) is 0. The fourth-order valence-electron chi connectivity index (χ4n) is 1.82. The van der Waals surface area contributed by atoms with Crippen molar-refractivity contribution in [2.75, 3.05) is 0 Å². The zero-order valence-electron chi connectivity index (χ0n) is 11.4. The Labute approximate surface area is 121 Å². The van der Waals surface area contributed by atoms with Crippen LogP contribution in [-0.4, -0.2) is 11.1 Å². The van der Waals surface area contributed by atoms with Crippen LogP contribution in [-0.2, 0) is 0 Å². The van der Waals surface area contributed by atoms with E-state index in [9.17, 15) is 4.79 Å². The topological polar surface area (TPSA) is 59.7 Å². The maximum atomic E-state index is 10.8. The van der Waals surface area contributed by atoms with E-state index in [1.807, 2.05) is 32.9 Å². The number of hydrogen-bond donors (Lipinski definition) is 1. The molecule has 0 fully saturated rings. The SMILES string of the molecule is Cc1cc(Cl)c(C(C)C)cc1Oc1ccc(C(=O)O)o1. The summed E-state index contributed by atoms with van der Waals surface area (Å²) in [6, 6.07) is 6.51. The first-order valence-corrected chi connectivity index (χ1v) is 6.57. The number of hydrogen-bond acceptors (Lipinski definition) is 3. The van der Waals surface area contributed by atoms with Gasteiger partial charge in [0.25, 0.3) is 5.95 Å². The van der Waals surface area contributed by atoms with Crippen molar-refractivity contribution in [2.24, 2.45) is 0 Å². The number of rotatable bonds is 4. The molecule has 106 valence electrons. The van der Waals surface area contributed by atoms with E-state index in [4.69, 9.17) is 25.9 Å². The molecule has 1 aromatic heterocycles. The first-order valence-electron chi connectivity index (χ1n) is 6.19. The van der Waals surface area contributed by atoms with Crippen molar-refractivity contribution in [2.45, 2.75) is 26.7 Å². The Bertz CT molecular complexity index is 643. The number of aromatic carboxylic acids is 1. The van der Waals surface area contributed by atoms with Gasteiger partial charge in [-0.3, -0.25) is 0 Å². The van der Waals surface area contributed by atoms with Crippen molar-refractivity contribution in [3.8, 4) is 11.7 Å². The van der Waals surface area contributed by atoms with Gasteiger partial charge in [-0.25, -0.2) is 4.79 Å². The van der Waals surface area contributed by atoms with Gasteiger partial charge in [0.1, 0.15) is 5.75 Å². The minimum atomic E-state index is -1.13. The quantitative estimate of drug-likeness (QED) is 0.875. The lowest BCUT2D eigenvalue weighted by Gasteiger charge is -2.13. The van der Waals surface area contributed by atoms with Crippen molar-refractivity contribution < 1.29 is 19.1 Å². The van der Waals surface area contributed by atoms with Crippen molar-refractivity contribution in [3.63, 3.8) is 0 Å². The Kier molecular flexibility index (Phi) is 4.04. The number of aryl methyl sites for hydroxylation is 1. The lowest BCUT2D eigenvalue weighted by molar-refractivity contribution is 0.0657. The average Bonchev–Trinajstić information content (AvgIpc) is 2.80. The number of carbonyl (C=O) groups is 1. The zero-order chi connectivity index (χ0) is 14.9. The van der Waals surface area contributed by atoms with Gasteiger partial charge in [-0.05, 0) is 42.2 Å². The van der Waals surface area contributed by atoms with E-state index in [1.165, 1.54) is 12.1 Å². The van der Waals surface area contributed by atoms with E-state index in [1.54, 1.807) is 0 Å². The van der Waals surface area contributed by atoms with Gasteiger partial charge in [-0.1, -0.05) is 25.4 Å². The molecule has 0 amide bonds. The van der Waals surface area contributed by atoms with Gasteiger partial charge in [-0.15, -0.1) is 0 Å². The molecule has 0 aliphatic carbocycles. The summed E-state index contributed by atoms with van der Waals surface area (Å²) in [5.41, 5.74) is 1.82. The van der Waals surface area contributed by atoms with E-state index < -0.39 is 5.97 Å². The van der Waals surface area contributed by atoms with E-state index in [0.717, 1.165) is 11.1 Å². The lowest BCUT2D eigenvalue weighted by Crippen LogP contribution is -1.94. The first-order chi connectivity index (χ1) is 9.38. The Morgan fingerprint density at radius 2 is 2.05 bits per heavy atom. The molecule has 0 saturated carbocycles. The van der Waals surface area contributed by atoms with Crippen LogP contribution >= 0.6 is 11.6 Å². The van der Waals surface area contributed by atoms with Gasteiger partial charge >= 0.3 is 5.97 Å². The fourth-order valence-corrected chi connectivity index (χ4v) is 2.26. The standard InChI is InChI=1S/C15H15ClO4/c1-8(2)10-7-13(9(3)6-11(10)16)20-14-5-4-12(19-14)15(17)18/h4-8H,1-3H3,(H,17,18). The Morgan fingerprint density at radius 3 is 2.60 bits per heavy atom. The number of furan rings is 1. The van der Waals surface area contributed by atoms with Gasteiger partial charge < -0.3 is 14.3 Å². The molecule has 20 heavy (non-hydrogen) atoms. The van der Waals surface area contributed by atoms with E-state index in [2.05, 4.69) is 0 Å². The summed E-state index contributed by atoms with van der Waals surface area (Å²) in [5.74, 6) is -0.283. The summed E-state index contributed by atoms with van der Waals surface area (Å²) in [5, 5.41) is 9.50. The second-order valence-corrected chi connectivity index (χ2v) is 5.23. The van der Waals surface area contributed by atoms with Crippen LogP contribution in [0.5, 0.6) is 11.7 Å². The van der Waals surface area contributed by atoms with Crippen molar-refractivity contribution in [1.29, 1.82) is 0 Å². The highest BCUT2D eigenvalue weighted by Crippen LogP contribution is 2.34. The highest BCUT2D eigenvalue weighted by atomic mass is 35.5. The molecule has 0 atom stereocenters. The molecule has 0 unspecified atom stereocenters. The maximum Gasteiger partial charge on any atom is 0.371 e. The minimum Gasteiger partial charge on any atom is -0.475 e. The van der Waals surface area contributed by atoms with Crippen LogP contribution < -0.4 is 4.74 Å².